The summed E-state index contributed by atoms with van der Waals surface area (Å²) in [6.07, 6.45) is 3.02. The zero-order chi connectivity index (χ0) is 17.3. The molecule has 2 aromatic rings. The number of aromatic nitrogens is 1. The van der Waals surface area contributed by atoms with E-state index >= 15 is 0 Å². The van der Waals surface area contributed by atoms with Crippen molar-refractivity contribution in [2.45, 2.75) is 19.9 Å². The molecule has 0 spiro atoms. The van der Waals surface area contributed by atoms with Crippen LogP contribution in [0, 0.1) is 5.92 Å². The van der Waals surface area contributed by atoms with E-state index < -0.39 is 0 Å². The van der Waals surface area contributed by atoms with E-state index in [1.165, 1.54) is 12.1 Å². The highest BCUT2D eigenvalue weighted by Crippen LogP contribution is 2.22. The average Bonchev–Trinajstić information content (AvgIpc) is 3.15. The number of aliphatic imine (C=N–C) groups is 1. The molecule has 140 valence electrons. The second kappa shape index (κ2) is 11.0. The molecule has 1 fully saturated rings. The maximum atomic E-state index is 4.64. The third-order valence-electron chi connectivity index (χ3n) is 4.43. The molecule has 2 heterocycles. The minimum atomic E-state index is 0. The molecule has 1 saturated heterocycles. The second-order valence-electron chi connectivity index (χ2n) is 6.33. The summed E-state index contributed by atoms with van der Waals surface area (Å²) < 4.78 is 0. The summed E-state index contributed by atoms with van der Waals surface area (Å²) in [4.78, 5) is 11.4. The molecule has 0 radical (unpaired) electrons. The fourth-order valence-electron chi connectivity index (χ4n) is 3.11. The Bertz CT molecular complexity index is 662. The van der Waals surface area contributed by atoms with Gasteiger partial charge in [-0.1, -0.05) is 24.3 Å². The Hall–Kier alpha value is -1.83. The first-order valence-electron chi connectivity index (χ1n) is 9.07. The molecule has 0 bridgehead atoms. The van der Waals surface area contributed by atoms with Crippen LogP contribution < -0.4 is 15.5 Å². The van der Waals surface area contributed by atoms with Gasteiger partial charge < -0.3 is 15.5 Å². The third-order valence-corrected chi connectivity index (χ3v) is 4.43. The van der Waals surface area contributed by atoms with Crippen LogP contribution in [0.4, 0.5) is 5.69 Å². The molecule has 1 aliphatic rings. The first-order chi connectivity index (χ1) is 12.3. The van der Waals surface area contributed by atoms with Crippen molar-refractivity contribution in [3.05, 3.63) is 60.4 Å². The first-order valence-corrected chi connectivity index (χ1v) is 9.07. The monoisotopic (exact) mass is 465 g/mol. The van der Waals surface area contributed by atoms with Crippen LogP contribution in [0.25, 0.3) is 0 Å². The summed E-state index contributed by atoms with van der Waals surface area (Å²) in [7, 11) is 0. The van der Waals surface area contributed by atoms with Gasteiger partial charge in [-0.3, -0.25) is 4.98 Å². The van der Waals surface area contributed by atoms with E-state index in [4.69, 9.17) is 0 Å². The van der Waals surface area contributed by atoms with Crippen LogP contribution in [0.5, 0.6) is 0 Å². The van der Waals surface area contributed by atoms with Gasteiger partial charge >= 0.3 is 0 Å². The number of para-hydroxylation sites is 1. The Morgan fingerprint density at radius 2 is 1.96 bits per heavy atom. The number of nitrogens with zero attached hydrogens (tertiary/aromatic N) is 3. The van der Waals surface area contributed by atoms with Crippen molar-refractivity contribution in [1.82, 2.24) is 15.6 Å². The SMILES string of the molecule is CCNC(=NCc1ccccn1)NCC1CCN(c2ccccc2)C1.I. The summed E-state index contributed by atoms with van der Waals surface area (Å²) in [5, 5.41) is 6.81. The highest BCUT2D eigenvalue weighted by atomic mass is 127. The van der Waals surface area contributed by atoms with Gasteiger partial charge in [0.05, 0.1) is 12.2 Å². The van der Waals surface area contributed by atoms with Crippen molar-refractivity contribution >= 4 is 35.6 Å². The van der Waals surface area contributed by atoms with Crippen LogP contribution in [0.2, 0.25) is 0 Å². The Labute approximate surface area is 173 Å². The quantitative estimate of drug-likeness (QED) is 0.391. The van der Waals surface area contributed by atoms with Crippen molar-refractivity contribution < 1.29 is 0 Å². The van der Waals surface area contributed by atoms with Gasteiger partial charge in [0.15, 0.2) is 5.96 Å². The Morgan fingerprint density at radius 3 is 2.69 bits per heavy atom. The van der Waals surface area contributed by atoms with Crippen LogP contribution in [0.1, 0.15) is 19.0 Å². The van der Waals surface area contributed by atoms with E-state index in [9.17, 15) is 0 Å². The molecular formula is C20H28IN5. The summed E-state index contributed by atoms with van der Waals surface area (Å²) >= 11 is 0. The highest BCUT2D eigenvalue weighted by molar-refractivity contribution is 14.0. The fraction of sp³-hybridized carbons (Fsp3) is 0.400. The summed E-state index contributed by atoms with van der Waals surface area (Å²) in [6.45, 7) is 6.70. The number of benzene rings is 1. The normalized spacial score (nSPS) is 16.9. The van der Waals surface area contributed by atoms with Crippen LogP contribution >= 0.6 is 24.0 Å². The van der Waals surface area contributed by atoms with Crippen molar-refractivity contribution in [2.75, 3.05) is 31.1 Å². The zero-order valence-electron chi connectivity index (χ0n) is 15.3. The van der Waals surface area contributed by atoms with Gasteiger partial charge in [-0.2, -0.15) is 0 Å². The van der Waals surface area contributed by atoms with Gasteiger partial charge in [0, 0.05) is 38.1 Å². The molecule has 1 aromatic heterocycles. The molecule has 6 heteroatoms. The molecule has 2 N–H and O–H groups in total. The van der Waals surface area contributed by atoms with Crippen molar-refractivity contribution in [3.8, 4) is 0 Å². The van der Waals surface area contributed by atoms with Crippen LogP contribution in [-0.2, 0) is 6.54 Å². The summed E-state index contributed by atoms with van der Waals surface area (Å²) in [5.74, 6) is 1.50. The number of halogens is 1. The van der Waals surface area contributed by atoms with Gasteiger partial charge in [-0.25, -0.2) is 4.99 Å². The van der Waals surface area contributed by atoms with E-state index in [1.54, 1.807) is 0 Å². The van der Waals surface area contributed by atoms with Crippen molar-refractivity contribution in [2.24, 2.45) is 10.9 Å². The fourth-order valence-corrected chi connectivity index (χ4v) is 3.11. The molecule has 0 amide bonds. The number of anilines is 1. The van der Waals surface area contributed by atoms with Gasteiger partial charge in [-0.05, 0) is 43.5 Å². The minimum Gasteiger partial charge on any atom is -0.371 e. The van der Waals surface area contributed by atoms with E-state index in [0.717, 1.165) is 37.8 Å². The number of guanidine groups is 1. The van der Waals surface area contributed by atoms with E-state index in [2.05, 4.69) is 62.8 Å². The number of nitrogens with one attached hydrogen (secondary N) is 2. The molecule has 3 rings (SSSR count). The number of hydrogen-bond acceptors (Lipinski definition) is 3. The molecule has 1 aromatic carbocycles. The van der Waals surface area contributed by atoms with Gasteiger partial charge in [-0.15, -0.1) is 24.0 Å². The lowest BCUT2D eigenvalue weighted by Gasteiger charge is -2.19. The predicted molar refractivity (Wildman–Crippen MR) is 119 cm³/mol. The molecule has 26 heavy (non-hydrogen) atoms. The molecule has 1 unspecified atom stereocenters. The summed E-state index contributed by atoms with van der Waals surface area (Å²) in [6, 6.07) is 16.6. The Balaban J connectivity index is 0.00000243. The molecule has 5 nitrogen and oxygen atoms in total. The second-order valence-corrected chi connectivity index (χ2v) is 6.33. The molecule has 0 aliphatic carbocycles. The van der Waals surface area contributed by atoms with Crippen LogP contribution in [0.15, 0.2) is 59.7 Å². The van der Waals surface area contributed by atoms with Crippen molar-refractivity contribution in [1.29, 1.82) is 0 Å². The van der Waals surface area contributed by atoms with Crippen molar-refractivity contribution in [3.63, 3.8) is 0 Å². The van der Waals surface area contributed by atoms with Crippen LogP contribution in [0.3, 0.4) is 0 Å². The predicted octanol–water partition coefficient (Wildman–Crippen LogP) is 3.28. The van der Waals surface area contributed by atoms with Gasteiger partial charge in [0.1, 0.15) is 0 Å². The molecular weight excluding hydrogens is 437 g/mol. The molecule has 1 atom stereocenters. The number of pyridine rings is 1. The Kier molecular flexibility index (Phi) is 8.67. The number of hydrogen-bond donors (Lipinski definition) is 2. The minimum absolute atomic E-state index is 0. The smallest absolute Gasteiger partial charge is 0.191 e. The van der Waals surface area contributed by atoms with Crippen LogP contribution in [-0.4, -0.2) is 37.1 Å². The lowest BCUT2D eigenvalue weighted by atomic mass is 10.1. The largest absolute Gasteiger partial charge is 0.371 e. The maximum absolute atomic E-state index is 4.64. The standard InChI is InChI=1S/C20H27N5.HI/c1-2-21-20(24-15-18-8-6-7-12-22-18)23-14-17-11-13-25(16-17)19-9-4-3-5-10-19;/h3-10,12,17H,2,11,13-16H2,1H3,(H2,21,23,24);1H. The lowest BCUT2D eigenvalue weighted by molar-refractivity contribution is 0.565. The van der Waals surface area contributed by atoms with E-state index in [-0.39, 0.29) is 24.0 Å². The topological polar surface area (TPSA) is 52.6 Å². The molecule has 1 aliphatic heterocycles. The third kappa shape index (κ3) is 6.16. The molecule has 0 saturated carbocycles. The van der Waals surface area contributed by atoms with Gasteiger partial charge in [0.25, 0.3) is 0 Å². The summed E-state index contributed by atoms with van der Waals surface area (Å²) in [5.41, 5.74) is 2.30. The van der Waals surface area contributed by atoms with E-state index in [1.807, 2.05) is 24.4 Å². The lowest BCUT2D eigenvalue weighted by Crippen LogP contribution is -2.40. The first kappa shape index (κ1) is 20.5. The zero-order valence-corrected chi connectivity index (χ0v) is 17.6. The number of rotatable bonds is 6. The highest BCUT2D eigenvalue weighted by Gasteiger charge is 2.22. The van der Waals surface area contributed by atoms with E-state index in [0.29, 0.717) is 12.5 Å². The Morgan fingerprint density at radius 1 is 1.15 bits per heavy atom. The average molecular weight is 465 g/mol. The maximum Gasteiger partial charge on any atom is 0.191 e. The van der Waals surface area contributed by atoms with Gasteiger partial charge in [0.2, 0.25) is 0 Å².